The van der Waals surface area contributed by atoms with Crippen LogP contribution in [0.5, 0.6) is 28.7 Å². The summed E-state index contributed by atoms with van der Waals surface area (Å²) >= 11 is 0. The highest BCUT2D eigenvalue weighted by atomic mass is 16.6. The Balaban J connectivity index is 1.52. The van der Waals surface area contributed by atoms with E-state index in [1.54, 1.807) is 18.2 Å². The molecule has 0 bridgehead atoms. The van der Waals surface area contributed by atoms with Crippen molar-refractivity contribution in [2.45, 2.75) is 12.5 Å². The first-order valence-corrected chi connectivity index (χ1v) is 10.6. The van der Waals surface area contributed by atoms with Gasteiger partial charge in [0.15, 0.2) is 17.3 Å². The Morgan fingerprint density at radius 3 is 2.61 bits per heavy atom. The highest BCUT2D eigenvalue weighted by molar-refractivity contribution is 6.03. The number of phenols is 1. The zero-order valence-corrected chi connectivity index (χ0v) is 19.2. The quantitative estimate of drug-likeness (QED) is 0.168. The van der Waals surface area contributed by atoms with Crippen LogP contribution in [0.25, 0.3) is 6.08 Å². The van der Waals surface area contributed by atoms with Crippen LogP contribution >= 0.6 is 0 Å². The second-order valence-corrected chi connectivity index (χ2v) is 7.62. The number of rotatable bonds is 7. The van der Waals surface area contributed by atoms with Crippen molar-refractivity contribution in [3.05, 3.63) is 81.7 Å². The SMILES string of the molecule is COc1ccc([C@@H]2CC(=O)c3c(O)cc(OC(=O)/C=C/c4ccc([N+](=O)[O-])cn4)cc3O2)cc1OC. The van der Waals surface area contributed by atoms with Crippen LogP contribution < -0.4 is 18.9 Å². The van der Waals surface area contributed by atoms with Crippen LogP contribution in [0, 0.1) is 10.1 Å². The largest absolute Gasteiger partial charge is 0.507 e. The van der Waals surface area contributed by atoms with E-state index in [2.05, 4.69) is 4.98 Å². The fourth-order valence-corrected chi connectivity index (χ4v) is 3.62. The van der Waals surface area contributed by atoms with Crippen molar-refractivity contribution >= 4 is 23.5 Å². The van der Waals surface area contributed by atoms with E-state index in [0.29, 0.717) is 22.8 Å². The van der Waals surface area contributed by atoms with Crippen molar-refractivity contribution in [1.82, 2.24) is 4.98 Å². The summed E-state index contributed by atoms with van der Waals surface area (Å²) in [6.07, 6.45) is 2.78. The molecule has 0 saturated heterocycles. The average Bonchev–Trinajstić information content (AvgIpc) is 2.86. The molecule has 0 amide bonds. The summed E-state index contributed by atoms with van der Waals surface area (Å²) in [5, 5.41) is 21.1. The summed E-state index contributed by atoms with van der Waals surface area (Å²) in [6, 6.07) is 10.2. The number of phenolic OH excluding ortho intramolecular Hbond substituents is 1. The second-order valence-electron chi connectivity index (χ2n) is 7.62. The highest BCUT2D eigenvalue weighted by Crippen LogP contribution is 2.43. The van der Waals surface area contributed by atoms with Gasteiger partial charge in [-0.3, -0.25) is 14.9 Å². The third kappa shape index (κ3) is 5.09. The standard InChI is InChI=1S/C25H20N2O9/c1-33-20-7-3-14(9-22(20)34-2)21-12-19(29)25-18(28)10-17(11-23(25)36-21)35-24(30)8-5-15-4-6-16(13-26-15)27(31)32/h3-11,13,21,28H,12H2,1-2H3/b8-5+/t21-/m0/s1. The minimum Gasteiger partial charge on any atom is -0.507 e. The molecule has 0 fully saturated rings. The van der Waals surface area contributed by atoms with E-state index >= 15 is 0 Å². The molecule has 0 unspecified atom stereocenters. The van der Waals surface area contributed by atoms with Gasteiger partial charge < -0.3 is 24.1 Å². The zero-order chi connectivity index (χ0) is 25.8. The summed E-state index contributed by atoms with van der Waals surface area (Å²) in [7, 11) is 3.01. The van der Waals surface area contributed by atoms with Crippen LogP contribution in [0.2, 0.25) is 0 Å². The normalized spacial score (nSPS) is 14.6. The first-order chi connectivity index (χ1) is 17.3. The third-order valence-electron chi connectivity index (χ3n) is 5.34. The number of carbonyl (C=O) groups excluding carboxylic acids is 2. The number of ether oxygens (including phenoxy) is 4. The molecule has 4 rings (SSSR count). The first kappa shape index (κ1) is 24.2. The van der Waals surface area contributed by atoms with Gasteiger partial charge in [0.25, 0.3) is 5.69 Å². The number of benzene rings is 2. The maximum absolute atomic E-state index is 12.8. The Morgan fingerprint density at radius 1 is 1.17 bits per heavy atom. The van der Waals surface area contributed by atoms with E-state index in [4.69, 9.17) is 18.9 Å². The maximum Gasteiger partial charge on any atom is 0.336 e. The summed E-state index contributed by atoms with van der Waals surface area (Å²) in [5.74, 6) is -0.506. The fourth-order valence-electron chi connectivity index (χ4n) is 3.62. The molecular weight excluding hydrogens is 472 g/mol. The van der Waals surface area contributed by atoms with Crippen molar-refractivity contribution in [2.75, 3.05) is 14.2 Å². The first-order valence-electron chi connectivity index (χ1n) is 10.6. The highest BCUT2D eigenvalue weighted by Gasteiger charge is 2.31. The van der Waals surface area contributed by atoms with Gasteiger partial charge in [0.2, 0.25) is 0 Å². The molecule has 2 heterocycles. The Hall–Kier alpha value is -4.93. The molecule has 3 aromatic rings. The molecule has 0 aliphatic carbocycles. The minimum absolute atomic E-state index is 0.00264. The van der Waals surface area contributed by atoms with Gasteiger partial charge in [-0.15, -0.1) is 0 Å². The van der Waals surface area contributed by atoms with Crippen molar-refractivity contribution in [3.63, 3.8) is 0 Å². The Labute approximate surface area is 204 Å². The predicted octanol–water partition coefficient (Wildman–Crippen LogP) is 4.04. The van der Waals surface area contributed by atoms with Gasteiger partial charge in [-0.25, -0.2) is 9.78 Å². The number of Topliss-reactive ketones (excluding diaryl/α,β-unsaturated/α-hetero) is 1. The smallest absolute Gasteiger partial charge is 0.336 e. The van der Waals surface area contributed by atoms with Gasteiger partial charge in [-0.1, -0.05) is 6.07 Å². The molecule has 0 saturated carbocycles. The number of hydrogen-bond donors (Lipinski definition) is 1. The zero-order valence-electron chi connectivity index (χ0n) is 19.2. The van der Waals surface area contributed by atoms with E-state index in [0.717, 1.165) is 18.3 Å². The Morgan fingerprint density at radius 2 is 1.94 bits per heavy atom. The summed E-state index contributed by atoms with van der Waals surface area (Å²) < 4.78 is 21.8. The number of aromatic nitrogens is 1. The monoisotopic (exact) mass is 492 g/mol. The molecule has 1 N–H and O–H groups in total. The molecule has 36 heavy (non-hydrogen) atoms. The van der Waals surface area contributed by atoms with E-state index in [1.165, 1.54) is 38.5 Å². The lowest BCUT2D eigenvalue weighted by Gasteiger charge is -2.26. The van der Waals surface area contributed by atoms with Gasteiger partial charge in [-0.2, -0.15) is 0 Å². The van der Waals surface area contributed by atoms with E-state index in [9.17, 15) is 24.8 Å². The molecule has 1 aliphatic rings. The van der Waals surface area contributed by atoms with Crippen LogP contribution in [0.4, 0.5) is 5.69 Å². The van der Waals surface area contributed by atoms with Crippen molar-refractivity contribution in [1.29, 1.82) is 0 Å². The molecule has 11 nitrogen and oxygen atoms in total. The number of aromatic hydroxyl groups is 1. The number of hydrogen-bond acceptors (Lipinski definition) is 10. The van der Waals surface area contributed by atoms with Crippen molar-refractivity contribution < 1.29 is 38.6 Å². The molecule has 0 radical (unpaired) electrons. The lowest BCUT2D eigenvalue weighted by molar-refractivity contribution is -0.385. The average molecular weight is 492 g/mol. The predicted molar refractivity (Wildman–Crippen MR) is 126 cm³/mol. The van der Waals surface area contributed by atoms with Gasteiger partial charge in [-0.05, 0) is 29.8 Å². The van der Waals surface area contributed by atoms with Crippen LogP contribution in [-0.2, 0) is 4.79 Å². The number of ketones is 1. The van der Waals surface area contributed by atoms with Crippen molar-refractivity contribution in [2.24, 2.45) is 0 Å². The fraction of sp³-hybridized carbons (Fsp3) is 0.160. The topological polar surface area (TPSA) is 147 Å². The third-order valence-corrected chi connectivity index (χ3v) is 5.34. The van der Waals surface area contributed by atoms with Gasteiger partial charge >= 0.3 is 5.97 Å². The lowest BCUT2D eigenvalue weighted by atomic mass is 9.95. The van der Waals surface area contributed by atoms with Crippen molar-refractivity contribution in [3.8, 4) is 28.7 Å². The lowest BCUT2D eigenvalue weighted by Crippen LogP contribution is -2.21. The number of methoxy groups -OCH3 is 2. The second kappa shape index (κ2) is 10.1. The van der Waals surface area contributed by atoms with Crippen LogP contribution in [-0.4, -0.2) is 41.0 Å². The summed E-state index contributed by atoms with van der Waals surface area (Å²) in [4.78, 5) is 39.0. The molecule has 0 spiro atoms. The van der Waals surface area contributed by atoms with E-state index in [-0.39, 0.29) is 40.7 Å². The maximum atomic E-state index is 12.8. The summed E-state index contributed by atoms with van der Waals surface area (Å²) in [6.45, 7) is 0. The molecule has 1 atom stereocenters. The number of nitrogens with zero attached hydrogens (tertiary/aromatic N) is 2. The van der Waals surface area contributed by atoms with Crippen LogP contribution in [0.1, 0.15) is 34.1 Å². The number of nitro groups is 1. The molecule has 1 aliphatic heterocycles. The van der Waals surface area contributed by atoms with E-state index in [1.807, 2.05) is 0 Å². The van der Waals surface area contributed by atoms with E-state index < -0.39 is 17.0 Å². The molecule has 2 aromatic carbocycles. The summed E-state index contributed by atoms with van der Waals surface area (Å²) in [5.41, 5.74) is 0.780. The van der Waals surface area contributed by atoms with Crippen LogP contribution in [0.3, 0.4) is 0 Å². The number of esters is 1. The minimum atomic E-state index is -0.798. The molecule has 184 valence electrons. The number of carbonyl (C=O) groups is 2. The molecule has 11 heteroatoms. The molecular formula is C25H20N2O9. The Bertz CT molecular complexity index is 1370. The van der Waals surface area contributed by atoms with Gasteiger partial charge in [0.1, 0.15) is 35.1 Å². The van der Waals surface area contributed by atoms with Gasteiger partial charge in [0, 0.05) is 24.3 Å². The number of pyridine rings is 1. The molecule has 1 aromatic heterocycles. The van der Waals surface area contributed by atoms with Gasteiger partial charge in [0.05, 0.1) is 31.3 Å². The Kier molecular flexibility index (Phi) is 6.81. The number of fused-ring (bicyclic) bond motifs is 1. The van der Waals surface area contributed by atoms with Crippen LogP contribution in [0.15, 0.2) is 54.7 Å².